The highest BCUT2D eigenvalue weighted by molar-refractivity contribution is 6.97. The Hall–Kier alpha value is -16.9. The van der Waals surface area contributed by atoms with Gasteiger partial charge in [0.1, 0.15) is 0 Å². The van der Waals surface area contributed by atoms with E-state index in [1.807, 2.05) is 0 Å². The molecule has 0 radical (unpaired) electrons. The van der Waals surface area contributed by atoms with E-state index in [0.717, 1.165) is 0 Å². The second-order valence-corrected chi connectivity index (χ2v) is 38.0. The van der Waals surface area contributed by atoms with Crippen molar-refractivity contribution in [1.82, 2.24) is 22.5 Å². The van der Waals surface area contributed by atoms with Gasteiger partial charge in [-0.15, -0.1) is 0 Å². The largest absolute Gasteiger partial charge is 0.376 e. The highest BCUT2D eigenvalue weighted by Gasteiger charge is 2.53. The summed E-state index contributed by atoms with van der Waals surface area (Å²) in [4.78, 5) is 7.68. The monoisotopic (exact) mass is 1660 g/mol. The molecule has 0 amide bonds. The summed E-state index contributed by atoms with van der Waals surface area (Å²) in [7, 11) is 0. The van der Waals surface area contributed by atoms with Crippen molar-refractivity contribution < 1.29 is 0 Å². The number of hydrogen-bond acceptors (Lipinski definition) is 3. The Balaban J connectivity index is 0.0000000773. The van der Waals surface area contributed by atoms with E-state index in [2.05, 4.69) is 425 Å². The molecule has 0 atom stereocenters. The lowest BCUT2D eigenvalue weighted by Gasteiger charge is -2.46. The molecular formula is C120H64B4N8. The molecule has 12 aliphatic rings. The van der Waals surface area contributed by atoms with Crippen LogP contribution in [-0.4, -0.2) is 49.9 Å². The summed E-state index contributed by atoms with van der Waals surface area (Å²) >= 11 is 0. The Morgan fingerprint density at radius 3 is 0.818 bits per heavy atom. The number of fused-ring (bicyclic) bond motifs is 28. The van der Waals surface area contributed by atoms with Crippen molar-refractivity contribution in [1.29, 1.82) is 0 Å². The van der Waals surface area contributed by atoms with Gasteiger partial charge < -0.3 is 37.0 Å². The SMILES string of the molecule is c1cc2c3c(c1)-n1c4ccccc4c4ccc5c(c41)B3n1c3c-2cccc3c2cccc-5c21.c1ccc(N2c3cccc4c3B3c5c(cccc52)-c2cccc5c6cccc-4c6n3c25)cc1.c1ccc2c(c1)-c1ccc3c4cccc5c6ccc7c8c6n(c3c1B8N2c1ccccc1-7)c45.c1ccc2c(c1)-c1cccc3c1B1c4c(ccc5c6ccccc6n-3c45)-c3ccccc3N12. The number of rotatable bonds is 1. The van der Waals surface area contributed by atoms with Crippen molar-refractivity contribution in [2.75, 3.05) is 14.5 Å². The molecule has 38 rings (SSSR count). The van der Waals surface area contributed by atoms with Crippen LogP contribution in [0, 0.1) is 0 Å². The molecule has 18 heterocycles. The van der Waals surface area contributed by atoms with Crippen LogP contribution in [-0.2, 0) is 0 Å². The predicted octanol–water partition coefficient (Wildman–Crippen LogP) is 24.1. The minimum Gasteiger partial charge on any atom is -0.376 e. The number of aromatic nitrogens is 5. The van der Waals surface area contributed by atoms with Gasteiger partial charge in [-0.05, 0) is 161 Å². The fraction of sp³-hybridized carbons (Fsp3) is 0. The second kappa shape index (κ2) is 23.1. The number of hydrogen-bond donors (Lipinski definition) is 0. The van der Waals surface area contributed by atoms with E-state index in [1.165, 1.54) is 309 Å². The third-order valence-electron chi connectivity index (χ3n) is 32.7. The van der Waals surface area contributed by atoms with Gasteiger partial charge >= 0.3 is 27.4 Å². The third-order valence-corrected chi connectivity index (χ3v) is 32.7. The van der Waals surface area contributed by atoms with E-state index in [9.17, 15) is 0 Å². The number of nitrogens with zero attached hydrogens (tertiary/aromatic N) is 8. The molecule has 0 fully saturated rings. The standard InChI is InChI=1S/2C30H15BN2.2C30H17BN2/c1-3-10-24-16(6-1)18-12-14-22-20-8-5-9-21-23-15-13-19-17-7-2-4-11-25(17)33(24)31-26(18)29(22)32(28(20)21)30(23)27(19)31;1-2-12-24-16(6-1)23-15-14-18-20-9-4-11-22-21-10-3-8-19-17-7-5-13-25-26(17)31(27(18)30(23)32(24)25)33(28(19)21)29(20)22;1-4-12-24-20(10-1)23-17-16-22-19-9-3-6-14-26(19)33-25-13-5-2-8-18(25)21-11-7-15-27-28(21)31(33)29(22)30(23)32(24)27;1-2-8-18(9-3-1)32-25-16-6-10-19-21-12-4-14-23-24-15-5-13-22-20-11-7-17-26(32)28(20)31(27(19)25)33(29(21)23)30(22)24/h2*1-15H;2*1-17H. The maximum absolute atomic E-state index is 2.67. The minimum atomic E-state index is 0.177. The van der Waals surface area contributed by atoms with E-state index in [0.29, 0.717) is 0 Å². The molecule has 596 valence electrons. The summed E-state index contributed by atoms with van der Waals surface area (Å²) in [6.45, 7) is 0.796. The Morgan fingerprint density at radius 1 is 0.144 bits per heavy atom. The van der Waals surface area contributed by atoms with Gasteiger partial charge in [0.25, 0.3) is 0 Å². The van der Waals surface area contributed by atoms with Crippen molar-refractivity contribution in [3.05, 3.63) is 388 Å². The summed E-state index contributed by atoms with van der Waals surface area (Å²) in [6, 6.07) is 145. The first-order chi connectivity index (χ1) is 65.7. The average Bonchev–Trinajstić information content (AvgIpc) is 1.49. The predicted molar refractivity (Wildman–Crippen MR) is 556 cm³/mol. The zero-order valence-corrected chi connectivity index (χ0v) is 70.8. The van der Waals surface area contributed by atoms with Crippen LogP contribution < -0.4 is 58.2 Å². The normalized spacial score (nSPS) is 14.1. The molecule has 0 N–H and O–H groups in total. The molecule has 0 saturated carbocycles. The fourth-order valence-corrected chi connectivity index (χ4v) is 28.2. The molecule has 0 saturated heterocycles. The van der Waals surface area contributed by atoms with Gasteiger partial charge in [-0.3, -0.25) is 0 Å². The highest BCUT2D eigenvalue weighted by Crippen LogP contribution is 2.57. The quantitative estimate of drug-likeness (QED) is 0.154. The van der Waals surface area contributed by atoms with E-state index >= 15 is 0 Å². The van der Waals surface area contributed by atoms with Crippen molar-refractivity contribution in [3.8, 4) is 100 Å². The van der Waals surface area contributed by atoms with Crippen LogP contribution in [0.2, 0.25) is 0 Å². The molecule has 12 aliphatic heterocycles. The molecule has 12 heteroatoms. The Labute approximate surface area is 756 Å². The zero-order valence-electron chi connectivity index (χ0n) is 70.8. The van der Waals surface area contributed by atoms with Gasteiger partial charge in [0, 0.05) is 182 Å². The smallest absolute Gasteiger partial charge is 0.333 e. The van der Waals surface area contributed by atoms with Crippen LogP contribution in [0.3, 0.4) is 0 Å². The number of benzene rings is 20. The van der Waals surface area contributed by atoms with Crippen molar-refractivity contribution in [2.24, 2.45) is 0 Å². The Morgan fingerprint density at radius 2 is 0.394 bits per heavy atom. The summed E-state index contributed by atoms with van der Waals surface area (Å²) in [5.74, 6) is 0. The van der Waals surface area contributed by atoms with Gasteiger partial charge in [0.15, 0.2) is 0 Å². The fourth-order valence-electron chi connectivity index (χ4n) is 28.2. The van der Waals surface area contributed by atoms with Crippen molar-refractivity contribution in [3.63, 3.8) is 0 Å². The van der Waals surface area contributed by atoms with E-state index < -0.39 is 0 Å². The topological polar surface area (TPSA) is 33.9 Å². The molecule has 0 unspecified atom stereocenters. The van der Waals surface area contributed by atoms with E-state index in [-0.39, 0.29) is 27.4 Å². The van der Waals surface area contributed by atoms with Crippen LogP contribution >= 0.6 is 0 Å². The van der Waals surface area contributed by atoms with Gasteiger partial charge in [-0.1, -0.05) is 315 Å². The lowest BCUT2D eigenvalue weighted by atomic mass is 9.41. The van der Waals surface area contributed by atoms with Crippen LogP contribution in [0.4, 0.5) is 39.8 Å². The van der Waals surface area contributed by atoms with Crippen LogP contribution in [0.5, 0.6) is 0 Å². The molecule has 6 aromatic heterocycles. The molecule has 8 nitrogen and oxygen atoms in total. The van der Waals surface area contributed by atoms with Gasteiger partial charge in [0.05, 0.1) is 38.6 Å². The zero-order chi connectivity index (χ0) is 84.5. The number of anilines is 7. The first-order valence-electron chi connectivity index (χ1n) is 46.5. The average molecular weight is 1660 g/mol. The van der Waals surface area contributed by atoms with Crippen molar-refractivity contribution in [2.45, 2.75) is 0 Å². The maximum Gasteiger partial charge on any atom is 0.333 e. The van der Waals surface area contributed by atoms with Crippen LogP contribution in [0.1, 0.15) is 0 Å². The van der Waals surface area contributed by atoms with Crippen LogP contribution in [0.15, 0.2) is 388 Å². The van der Waals surface area contributed by atoms with Crippen molar-refractivity contribution >= 4 is 236 Å². The number of para-hydroxylation sites is 12. The molecule has 20 aromatic carbocycles. The summed E-state index contributed by atoms with van der Waals surface area (Å²) in [5.41, 5.74) is 60.0. The first kappa shape index (κ1) is 67.4. The van der Waals surface area contributed by atoms with E-state index in [4.69, 9.17) is 0 Å². The molecule has 0 spiro atoms. The molecule has 132 heavy (non-hydrogen) atoms. The van der Waals surface area contributed by atoms with Gasteiger partial charge in [-0.2, -0.15) is 0 Å². The second-order valence-electron chi connectivity index (χ2n) is 38.0. The molecule has 0 bridgehead atoms. The summed E-state index contributed by atoms with van der Waals surface area (Å²) in [5, 5.41) is 16.3. The van der Waals surface area contributed by atoms with Gasteiger partial charge in [0.2, 0.25) is 0 Å². The van der Waals surface area contributed by atoms with E-state index in [1.54, 1.807) is 0 Å². The third kappa shape index (κ3) is 7.50. The van der Waals surface area contributed by atoms with Crippen LogP contribution in [0.25, 0.3) is 226 Å². The lowest BCUT2D eigenvalue weighted by molar-refractivity contribution is 1.17. The molecule has 26 aromatic rings. The van der Waals surface area contributed by atoms with Gasteiger partial charge in [-0.25, -0.2) is 0 Å². The Kier molecular flexibility index (Phi) is 11.8. The first-order valence-corrected chi connectivity index (χ1v) is 46.5. The Bertz CT molecular complexity index is 9830. The maximum atomic E-state index is 2.67. The summed E-state index contributed by atoms with van der Waals surface area (Å²) < 4.78 is 13.0. The minimum absolute atomic E-state index is 0.177. The molecular weight excluding hydrogens is 1600 g/mol. The molecule has 0 aliphatic carbocycles. The summed E-state index contributed by atoms with van der Waals surface area (Å²) in [6.07, 6.45) is 0. The highest BCUT2D eigenvalue weighted by atomic mass is 15.2. The lowest BCUT2D eigenvalue weighted by Crippen LogP contribution is -2.62.